The molecule has 112 valence electrons. The molecule has 0 radical (unpaired) electrons. The maximum Gasteiger partial charge on any atom is 0.0897 e. The third-order valence-corrected chi connectivity index (χ3v) is 5.70. The molecule has 1 saturated carbocycles. The van der Waals surface area contributed by atoms with Gasteiger partial charge in [0.1, 0.15) is 0 Å². The number of hydrogen-bond acceptors (Lipinski definition) is 4. The molecule has 1 saturated heterocycles. The van der Waals surface area contributed by atoms with Gasteiger partial charge in [0, 0.05) is 37.1 Å². The minimum Gasteiger partial charge on any atom is -0.311 e. The molecule has 1 aromatic rings. The average molecular weight is 293 g/mol. The highest BCUT2D eigenvalue weighted by atomic mass is 32.1. The highest BCUT2D eigenvalue weighted by molar-refractivity contribution is 7.09. The quantitative estimate of drug-likeness (QED) is 0.927. The third-order valence-electron chi connectivity index (χ3n) is 4.88. The number of aryl methyl sites for hydroxylation is 1. The summed E-state index contributed by atoms with van der Waals surface area (Å²) in [6, 6.07) is 1.32. The Morgan fingerprint density at radius 1 is 1.35 bits per heavy atom. The molecule has 0 aromatic carbocycles. The van der Waals surface area contributed by atoms with E-state index in [0.717, 1.165) is 25.6 Å². The number of nitrogens with one attached hydrogen (secondary N) is 1. The van der Waals surface area contributed by atoms with Crippen LogP contribution in [0.15, 0.2) is 5.38 Å². The molecule has 1 aliphatic heterocycles. The Kier molecular flexibility index (Phi) is 4.74. The van der Waals surface area contributed by atoms with Crippen molar-refractivity contribution in [3.63, 3.8) is 0 Å². The first-order valence-corrected chi connectivity index (χ1v) is 8.99. The second-order valence-electron chi connectivity index (χ2n) is 6.56. The van der Waals surface area contributed by atoms with Crippen LogP contribution in [-0.2, 0) is 6.54 Å². The first-order chi connectivity index (χ1) is 9.72. The minimum absolute atomic E-state index is 0.606. The fourth-order valence-electron chi connectivity index (χ4n) is 3.86. The van der Waals surface area contributed by atoms with Gasteiger partial charge in [0.15, 0.2) is 0 Å². The summed E-state index contributed by atoms with van der Waals surface area (Å²) < 4.78 is 0. The molecule has 2 unspecified atom stereocenters. The number of nitrogens with zero attached hydrogens (tertiary/aromatic N) is 2. The number of rotatable bonds is 3. The second kappa shape index (κ2) is 6.54. The highest BCUT2D eigenvalue weighted by Crippen LogP contribution is 2.31. The van der Waals surface area contributed by atoms with E-state index in [2.05, 4.69) is 34.4 Å². The molecule has 0 spiro atoms. The predicted molar refractivity (Wildman–Crippen MR) is 85.1 cm³/mol. The lowest BCUT2D eigenvalue weighted by molar-refractivity contribution is 0.0680. The van der Waals surface area contributed by atoms with Gasteiger partial charge in [0.05, 0.1) is 10.7 Å². The van der Waals surface area contributed by atoms with E-state index < -0.39 is 0 Å². The van der Waals surface area contributed by atoms with Gasteiger partial charge in [-0.2, -0.15) is 0 Å². The SMILES string of the molecule is Cc1nc(CN2CC(C)NCC2C2CCCCC2)cs1. The van der Waals surface area contributed by atoms with Crippen molar-refractivity contribution < 1.29 is 0 Å². The predicted octanol–water partition coefficient (Wildman–Crippen LogP) is 3.19. The molecule has 0 amide bonds. The summed E-state index contributed by atoms with van der Waals surface area (Å²) in [5.74, 6) is 0.892. The van der Waals surface area contributed by atoms with Crippen LogP contribution in [0.25, 0.3) is 0 Å². The van der Waals surface area contributed by atoms with E-state index in [1.54, 1.807) is 11.3 Å². The van der Waals surface area contributed by atoms with Crippen LogP contribution in [0.2, 0.25) is 0 Å². The molecule has 3 nitrogen and oxygen atoms in total. The van der Waals surface area contributed by atoms with Crippen LogP contribution in [0.3, 0.4) is 0 Å². The lowest BCUT2D eigenvalue weighted by Gasteiger charge is -2.44. The standard InChI is InChI=1S/C16H27N3S/c1-12-9-19(10-15-11-20-13(2)18-15)16(8-17-12)14-6-4-3-5-7-14/h11-12,14,16-17H,3-10H2,1-2H3. The summed E-state index contributed by atoms with van der Waals surface area (Å²) in [5, 5.41) is 7.12. The molecule has 2 heterocycles. The van der Waals surface area contributed by atoms with E-state index in [-0.39, 0.29) is 0 Å². The van der Waals surface area contributed by atoms with Gasteiger partial charge < -0.3 is 5.32 Å². The van der Waals surface area contributed by atoms with Gasteiger partial charge in [-0.15, -0.1) is 11.3 Å². The smallest absolute Gasteiger partial charge is 0.0897 e. The molecule has 4 heteroatoms. The first kappa shape index (κ1) is 14.5. The lowest BCUT2D eigenvalue weighted by atomic mass is 9.82. The molecule has 2 atom stereocenters. The Hall–Kier alpha value is -0.450. The largest absolute Gasteiger partial charge is 0.311 e. The molecule has 1 aliphatic carbocycles. The van der Waals surface area contributed by atoms with Crippen molar-refractivity contribution in [3.05, 3.63) is 16.1 Å². The number of hydrogen-bond donors (Lipinski definition) is 1. The zero-order valence-electron chi connectivity index (χ0n) is 12.8. The molecule has 0 bridgehead atoms. The second-order valence-corrected chi connectivity index (χ2v) is 7.62. The zero-order valence-corrected chi connectivity index (χ0v) is 13.6. The van der Waals surface area contributed by atoms with E-state index in [9.17, 15) is 0 Å². The van der Waals surface area contributed by atoms with Crippen LogP contribution in [0.1, 0.15) is 49.7 Å². The number of aromatic nitrogens is 1. The molecular formula is C16H27N3S. The van der Waals surface area contributed by atoms with Crippen LogP contribution < -0.4 is 5.32 Å². The van der Waals surface area contributed by atoms with Gasteiger partial charge in [-0.05, 0) is 32.6 Å². The Labute approximate surface area is 126 Å². The van der Waals surface area contributed by atoms with Crippen molar-refractivity contribution >= 4 is 11.3 Å². The lowest BCUT2D eigenvalue weighted by Crippen LogP contribution is -2.57. The Bertz CT molecular complexity index is 425. The van der Waals surface area contributed by atoms with Gasteiger partial charge in [0.25, 0.3) is 0 Å². The van der Waals surface area contributed by atoms with Crippen molar-refractivity contribution in [1.82, 2.24) is 15.2 Å². The van der Waals surface area contributed by atoms with E-state index in [0.29, 0.717) is 12.1 Å². The van der Waals surface area contributed by atoms with E-state index in [1.165, 1.54) is 42.8 Å². The van der Waals surface area contributed by atoms with E-state index in [4.69, 9.17) is 0 Å². The van der Waals surface area contributed by atoms with Crippen LogP contribution >= 0.6 is 11.3 Å². The Morgan fingerprint density at radius 2 is 2.15 bits per heavy atom. The van der Waals surface area contributed by atoms with Crippen LogP contribution in [0.4, 0.5) is 0 Å². The average Bonchev–Trinajstić information content (AvgIpc) is 2.85. The van der Waals surface area contributed by atoms with Gasteiger partial charge in [0.2, 0.25) is 0 Å². The maximum absolute atomic E-state index is 4.67. The summed E-state index contributed by atoms with van der Waals surface area (Å²) in [7, 11) is 0. The molecule has 1 N–H and O–H groups in total. The summed E-state index contributed by atoms with van der Waals surface area (Å²) in [6.07, 6.45) is 7.15. The van der Waals surface area contributed by atoms with Gasteiger partial charge >= 0.3 is 0 Å². The molecule has 20 heavy (non-hydrogen) atoms. The van der Waals surface area contributed by atoms with Crippen molar-refractivity contribution in [2.45, 2.75) is 64.6 Å². The van der Waals surface area contributed by atoms with Crippen molar-refractivity contribution in [2.24, 2.45) is 5.92 Å². The normalized spacial score (nSPS) is 29.7. The minimum atomic E-state index is 0.606. The van der Waals surface area contributed by atoms with Crippen molar-refractivity contribution in [3.8, 4) is 0 Å². The summed E-state index contributed by atoms with van der Waals surface area (Å²) in [6.45, 7) is 7.77. The highest BCUT2D eigenvalue weighted by Gasteiger charge is 2.32. The summed E-state index contributed by atoms with van der Waals surface area (Å²) in [4.78, 5) is 7.37. The third kappa shape index (κ3) is 3.41. The number of piperazine rings is 1. The number of thiazole rings is 1. The van der Waals surface area contributed by atoms with Crippen molar-refractivity contribution in [2.75, 3.05) is 13.1 Å². The van der Waals surface area contributed by atoms with Crippen LogP contribution in [0, 0.1) is 12.8 Å². The summed E-state index contributed by atoms with van der Waals surface area (Å²) in [5.41, 5.74) is 1.27. The first-order valence-electron chi connectivity index (χ1n) is 8.11. The Balaban J connectivity index is 1.69. The van der Waals surface area contributed by atoms with Gasteiger partial charge in [-0.3, -0.25) is 4.90 Å². The molecule has 1 aromatic heterocycles. The van der Waals surface area contributed by atoms with Gasteiger partial charge in [-0.1, -0.05) is 19.3 Å². The van der Waals surface area contributed by atoms with E-state index in [1.807, 2.05) is 0 Å². The monoisotopic (exact) mass is 293 g/mol. The Morgan fingerprint density at radius 3 is 2.85 bits per heavy atom. The zero-order chi connectivity index (χ0) is 13.9. The molecule has 3 rings (SSSR count). The molecule has 2 fully saturated rings. The maximum atomic E-state index is 4.67. The fourth-order valence-corrected chi connectivity index (χ4v) is 4.46. The van der Waals surface area contributed by atoms with Crippen LogP contribution in [0.5, 0.6) is 0 Å². The molecule has 2 aliphatic rings. The van der Waals surface area contributed by atoms with E-state index >= 15 is 0 Å². The van der Waals surface area contributed by atoms with Gasteiger partial charge in [-0.25, -0.2) is 4.98 Å². The molecular weight excluding hydrogens is 266 g/mol. The van der Waals surface area contributed by atoms with Crippen LogP contribution in [-0.4, -0.2) is 35.1 Å². The topological polar surface area (TPSA) is 28.2 Å². The van der Waals surface area contributed by atoms with Crippen molar-refractivity contribution in [1.29, 1.82) is 0 Å². The fraction of sp³-hybridized carbons (Fsp3) is 0.812. The summed E-state index contributed by atoms with van der Waals surface area (Å²) >= 11 is 1.78.